The molecule has 5 heteroatoms. The first-order chi connectivity index (χ1) is 13.8. The van der Waals surface area contributed by atoms with Crippen molar-refractivity contribution in [3.05, 3.63) is 98.7 Å². The van der Waals surface area contributed by atoms with E-state index in [1.807, 2.05) is 30.5 Å². The van der Waals surface area contributed by atoms with Crippen LogP contribution >= 0.6 is 11.6 Å². The van der Waals surface area contributed by atoms with Crippen molar-refractivity contribution in [2.75, 3.05) is 31.5 Å². The first kappa shape index (κ1) is 22.9. The summed E-state index contributed by atoms with van der Waals surface area (Å²) in [4.78, 5) is 6.92. The summed E-state index contributed by atoms with van der Waals surface area (Å²) in [5.41, 5.74) is 2.03. The number of halogens is 1. The molecule has 2 fully saturated rings. The Labute approximate surface area is 191 Å². The van der Waals surface area contributed by atoms with Crippen molar-refractivity contribution >= 4 is 28.2 Å². The molecule has 148 valence electrons. The van der Waals surface area contributed by atoms with Crippen molar-refractivity contribution in [2.24, 2.45) is 0 Å². The predicted octanol–water partition coefficient (Wildman–Crippen LogP) is 4.80. The molecule has 0 unspecified atom stereocenters. The Morgan fingerprint density at radius 1 is 0.897 bits per heavy atom. The molecule has 2 aliphatic rings. The molecule has 0 amide bonds. The molecule has 1 aromatic heterocycles. The zero-order valence-electron chi connectivity index (χ0n) is 16.2. The van der Waals surface area contributed by atoms with Gasteiger partial charge in [-0.3, -0.25) is 4.98 Å². The van der Waals surface area contributed by atoms with Crippen LogP contribution in [0.5, 0.6) is 0 Å². The Bertz CT molecular complexity index is 739. The maximum atomic E-state index is 6.08. The molecule has 3 nitrogen and oxygen atoms in total. The summed E-state index contributed by atoms with van der Waals surface area (Å²) in [7, 11) is 0. The van der Waals surface area contributed by atoms with Gasteiger partial charge in [-0.05, 0) is 100 Å². The number of hydrogen-bond acceptors (Lipinski definition) is 3. The smallest absolute Gasteiger partial charge is 0.384 e. The number of anilines is 1. The van der Waals surface area contributed by atoms with Crippen LogP contribution in [-0.4, -0.2) is 36.1 Å². The first-order valence-corrected chi connectivity index (χ1v) is 10.1. The zero-order chi connectivity index (χ0) is 19.2. The Morgan fingerprint density at radius 3 is 2.21 bits per heavy atom. The van der Waals surface area contributed by atoms with Crippen LogP contribution in [0.15, 0.2) is 30.5 Å². The summed E-state index contributed by atoms with van der Waals surface area (Å²) in [6.07, 6.45) is 20.1. The quantitative estimate of drug-likeness (QED) is 0.444. The van der Waals surface area contributed by atoms with Gasteiger partial charge in [0.25, 0.3) is 0 Å². The van der Waals surface area contributed by atoms with Gasteiger partial charge in [-0.2, -0.15) is 0 Å². The van der Waals surface area contributed by atoms with Crippen LogP contribution in [0.25, 0.3) is 10.9 Å². The summed E-state index contributed by atoms with van der Waals surface area (Å²) in [5.74, 6) is 2.74. The van der Waals surface area contributed by atoms with Crippen LogP contribution in [0.1, 0.15) is 6.42 Å². The summed E-state index contributed by atoms with van der Waals surface area (Å²) >= 11 is 6.08. The van der Waals surface area contributed by atoms with Gasteiger partial charge in [-0.15, -0.1) is 0 Å². The second kappa shape index (κ2) is 11.6. The van der Waals surface area contributed by atoms with E-state index in [9.17, 15) is 0 Å². The van der Waals surface area contributed by atoms with Crippen molar-refractivity contribution in [3.63, 3.8) is 0 Å². The molecular formula is C24H24ClFeN3+2. The second-order valence-electron chi connectivity index (χ2n) is 7.10. The number of rotatable bonds is 9. The molecule has 2 aliphatic carbocycles. The molecule has 4 rings (SSSR count). The summed E-state index contributed by atoms with van der Waals surface area (Å²) in [6.45, 7) is 3.92. The van der Waals surface area contributed by atoms with E-state index in [0.29, 0.717) is 5.02 Å². The zero-order valence-corrected chi connectivity index (χ0v) is 18.0. The fraction of sp³-hybridized carbons (Fsp3) is 0.208. The Balaban J connectivity index is 0.00000240. The third-order valence-electron chi connectivity index (χ3n) is 4.95. The van der Waals surface area contributed by atoms with Crippen molar-refractivity contribution in [1.29, 1.82) is 0 Å². The van der Waals surface area contributed by atoms with Crippen molar-refractivity contribution in [3.8, 4) is 0 Å². The maximum Gasteiger partial charge on any atom is 2.00 e. The predicted molar refractivity (Wildman–Crippen MR) is 117 cm³/mol. The van der Waals surface area contributed by atoms with Gasteiger partial charge >= 0.3 is 17.1 Å². The number of aromatic nitrogens is 1. The Kier molecular flexibility index (Phi) is 9.11. The van der Waals surface area contributed by atoms with Crippen LogP contribution in [-0.2, 0) is 17.1 Å². The van der Waals surface area contributed by atoms with Crippen LogP contribution < -0.4 is 5.32 Å². The van der Waals surface area contributed by atoms with E-state index in [1.165, 1.54) is 11.8 Å². The number of benzene rings is 1. The fourth-order valence-corrected chi connectivity index (χ4v) is 3.74. The third kappa shape index (κ3) is 6.59. The van der Waals surface area contributed by atoms with Gasteiger partial charge in [0.15, 0.2) is 0 Å². The summed E-state index contributed by atoms with van der Waals surface area (Å²) in [6, 6.07) is 7.88. The average Bonchev–Trinajstić information content (AvgIpc) is 3.39. The molecule has 2 aromatic rings. The minimum absolute atomic E-state index is 0. The van der Waals surface area contributed by atoms with Crippen LogP contribution in [0.2, 0.25) is 5.02 Å². The molecule has 0 atom stereocenters. The van der Waals surface area contributed by atoms with E-state index in [2.05, 4.69) is 66.6 Å². The van der Waals surface area contributed by atoms with E-state index >= 15 is 0 Å². The number of nitrogens with zero attached hydrogens (tertiary/aromatic N) is 2. The van der Waals surface area contributed by atoms with Crippen LogP contribution in [0, 0.1) is 63.2 Å². The molecule has 1 heterocycles. The molecular weight excluding hydrogens is 422 g/mol. The first-order valence-electron chi connectivity index (χ1n) is 9.69. The number of fused-ring (bicyclic) bond motifs is 1. The number of nitrogens with one attached hydrogen (secondary N) is 1. The summed E-state index contributed by atoms with van der Waals surface area (Å²) in [5, 5.41) is 5.39. The molecule has 0 bridgehead atoms. The van der Waals surface area contributed by atoms with Gasteiger partial charge in [0, 0.05) is 41.9 Å². The van der Waals surface area contributed by atoms with Gasteiger partial charge in [0.1, 0.15) is 0 Å². The van der Waals surface area contributed by atoms with E-state index in [4.69, 9.17) is 11.6 Å². The molecule has 1 aromatic carbocycles. The SMILES string of the molecule is Clc1ccc2c(NCCCN(C[C]3[CH][CH][CH][CH]3)C[C]3[CH][CH][CH][CH]3)ccnc2c1.[Fe+2]. The molecule has 1 N–H and O–H groups in total. The standard InChI is InChI=1S/C24H24ClN3.Fe/c25-21-10-11-22-23(12-14-27-24(22)16-21)26-13-5-15-28(17-19-6-1-2-7-19)18-20-8-3-4-9-20;/h1-4,6-12,14,16H,5,13,15,17-18H2,(H,26,27);/q;+2. The molecule has 29 heavy (non-hydrogen) atoms. The third-order valence-corrected chi connectivity index (χ3v) is 5.18. The van der Waals surface area contributed by atoms with Gasteiger partial charge in [0.2, 0.25) is 0 Å². The summed E-state index contributed by atoms with van der Waals surface area (Å²) < 4.78 is 0. The van der Waals surface area contributed by atoms with Crippen molar-refractivity contribution < 1.29 is 17.1 Å². The van der Waals surface area contributed by atoms with Crippen LogP contribution in [0.4, 0.5) is 5.69 Å². The van der Waals surface area contributed by atoms with Gasteiger partial charge < -0.3 is 10.2 Å². The van der Waals surface area contributed by atoms with Gasteiger partial charge in [-0.1, -0.05) is 11.6 Å². The van der Waals surface area contributed by atoms with Crippen molar-refractivity contribution in [1.82, 2.24) is 9.88 Å². The Morgan fingerprint density at radius 2 is 1.55 bits per heavy atom. The Hall–Kier alpha value is -0.801. The molecule has 0 saturated heterocycles. The number of pyridine rings is 1. The minimum Gasteiger partial charge on any atom is -0.384 e. The normalized spacial score (nSPS) is 17.9. The monoisotopic (exact) mass is 445 g/mol. The topological polar surface area (TPSA) is 28.2 Å². The molecule has 0 spiro atoms. The van der Waals surface area contributed by atoms with E-state index in [1.54, 1.807) is 0 Å². The molecule has 0 aliphatic heterocycles. The average molecular weight is 446 g/mol. The number of hydrogen-bond donors (Lipinski definition) is 1. The largest absolute Gasteiger partial charge is 2.00 e. The second-order valence-corrected chi connectivity index (χ2v) is 7.53. The minimum atomic E-state index is 0. The van der Waals surface area contributed by atoms with E-state index in [0.717, 1.165) is 49.2 Å². The fourth-order valence-electron chi connectivity index (χ4n) is 3.57. The van der Waals surface area contributed by atoms with Gasteiger partial charge in [-0.25, -0.2) is 0 Å². The van der Waals surface area contributed by atoms with Gasteiger partial charge in [0.05, 0.1) is 5.52 Å². The molecule has 10 radical (unpaired) electrons. The van der Waals surface area contributed by atoms with E-state index < -0.39 is 0 Å². The van der Waals surface area contributed by atoms with E-state index in [-0.39, 0.29) is 17.1 Å². The van der Waals surface area contributed by atoms with Crippen LogP contribution in [0.3, 0.4) is 0 Å². The molecule has 2 saturated carbocycles. The maximum absolute atomic E-state index is 6.08. The van der Waals surface area contributed by atoms with Crippen molar-refractivity contribution in [2.45, 2.75) is 6.42 Å².